The van der Waals surface area contributed by atoms with Gasteiger partial charge in [-0.05, 0) is 13.8 Å². The third kappa shape index (κ3) is 6.49. The molecule has 0 aliphatic rings. The minimum Gasteiger partial charge on any atom is -0.397 e. The molecule has 0 bridgehead atoms. The summed E-state index contributed by atoms with van der Waals surface area (Å²) in [7, 11) is 0.321. The van der Waals surface area contributed by atoms with Crippen LogP contribution in [0.15, 0.2) is 0 Å². The largest absolute Gasteiger partial charge is 0.397 e. The lowest BCUT2D eigenvalue weighted by Gasteiger charge is -2.13. The van der Waals surface area contributed by atoms with Gasteiger partial charge in [-0.15, -0.1) is 0 Å². The van der Waals surface area contributed by atoms with Crippen molar-refractivity contribution in [3.63, 3.8) is 0 Å². The summed E-state index contributed by atoms with van der Waals surface area (Å²) in [6.45, 7) is 6.23. The van der Waals surface area contributed by atoms with E-state index in [1.165, 1.54) is 0 Å². The molecule has 0 radical (unpaired) electrons. The molecule has 0 aliphatic heterocycles. The fourth-order valence-electron chi connectivity index (χ4n) is 0.801. The average molecular weight is 178 g/mol. The van der Waals surface area contributed by atoms with E-state index in [4.69, 9.17) is 13.6 Å². The Morgan fingerprint density at radius 2 is 1.64 bits per heavy atom. The molecular formula is C7H18O3Si. The fraction of sp³-hybridized carbons (Fsp3) is 1.00. The first-order chi connectivity index (χ1) is 5.35. The van der Waals surface area contributed by atoms with E-state index >= 15 is 0 Å². The van der Waals surface area contributed by atoms with Gasteiger partial charge in [0.15, 0.2) is 0 Å². The van der Waals surface area contributed by atoms with Crippen molar-refractivity contribution in [3.05, 3.63) is 0 Å². The van der Waals surface area contributed by atoms with Crippen LogP contribution in [0.25, 0.3) is 0 Å². The van der Waals surface area contributed by atoms with Crippen LogP contribution >= 0.6 is 0 Å². The van der Waals surface area contributed by atoms with Gasteiger partial charge in [0, 0.05) is 33.0 Å². The average Bonchev–Trinajstić information content (AvgIpc) is 2.01. The zero-order valence-electron chi connectivity index (χ0n) is 7.63. The monoisotopic (exact) mass is 178 g/mol. The van der Waals surface area contributed by atoms with Gasteiger partial charge in [0.2, 0.25) is 0 Å². The third-order valence-electron chi connectivity index (χ3n) is 1.26. The molecule has 0 aliphatic carbocycles. The summed E-state index contributed by atoms with van der Waals surface area (Å²) in [4.78, 5) is 0. The molecule has 0 saturated carbocycles. The van der Waals surface area contributed by atoms with Crippen LogP contribution < -0.4 is 0 Å². The Morgan fingerprint density at radius 1 is 1.09 bits per heavy atom. The molecule has 0 spiro atoms. The van der Waals surface area contributed by atoms with Crippen LogP contribution in [0.4, 0.5) is 0 Å². The van der Waals surface area contributed by atoms with Gasteiger partial charge < -0.3 is 13.6 Å². The predicted molar refractivity (Wildman–Crippen MR) is 47.1 cm³/mol. The maximum atomic E-state index is 5.42. The van der Waals surface area contributed by atoms with Crippen LogP contribution in [0.5, 0.6) is 0 Å². The highest BCUT2D eigenvalue weighted by molar-refractivity contribution is 6.44. The highest BCUT2D eigenvalue weighted by Gasteiger charge is 2.10. The van der Waals surface area contributed by atoms with Crippen LogP contribution in [0.2, 0.25) is 6.04 Å². The molecule has 0 rings (SSSR count). The molecule has 0 heterocycles. The van der Waals surface area contributed by atoms with Gasteiger partial charge >= 0.3 is 9.28 Å². The van der Waals surface area contributed by atoms with Crippen LogP contribution in [-0.4, -0.2) is 36.2 Å². The van der Waals surface area contributed by atoms with Crippen molar-refractivity contribution in [2.45, 2.75) is 19.9 Å². The maximum Gasteiger partial charge on any atom is 0.323 e. The van der Waals surface area contributed by atoms with E-state index in [1.54, 1.807) is 7.11 Å². The first-order valence-electron chi connectivity index (χ1n) is 4.07. The lowest BCUT2D eigenvalue weighted by atomic mass is 10.9. The maximum absolute atomic E-state index is 5.42. The van der Waals surface area contributed by atoms with Crippen molar-refractivity contribution < 1.29 is 13.6 Å². The Kier molecular flexibility index (Phi) is 8.27. The van der Waals surface area contributed by atoms with E-state index in [1.807, 2.05) is 13.8 Å². The van der Waals surface area contributed by atoms with Gasteiger partial charge in [-0.25, -0.2) is 0 Å². The molecule has 0 unspecified atom stereocenters. The summed E-state index contributed by atoms with van der Waals surface area (Å²) in [6.07, 6.45) is 0. The molecule has 0 aromatic rings. The Labute approximate surface area is 70.5 Å². The highest BCUT2D eigenvalue weighted by atomic mass is 28.3. The van der Waals surface area contributed by atoms with Crippen molar-refractivity contribution in [2.75, 3.05) is 26.9 Å². The number of rotatable bonds is 7. The summed E-state index contributed by atoms with van der Waals surface area (Å²) in [6, 6.07) is 0.943. The predicted octanol–water partition coefficient (Wildman–Crippen LogP) is 0.926. The molecule has 0 saturated heterocycles. The van der Waals surface area contributed by atoms with E-state index in [2.05, 4.69) is 0 Å². The zero-order valence-corrected chi connectivity index (χ0v) is 8.79. The van der Waals surface area contributed by atoms with Gasteiger partial charge in [0.1, 0.15) is 0 Å². The van der Waals surface area contributed by atoms with Gasteiger partial charge in [0.25, 0.3) is 0 Å². The molecule has 3 nitrogen and oxygen atoms in total. The second kappa shape index (κ2) is 8.20. The zero-order chi connectivity index (χ0) is 8.53. The summed E-state index contributed by atoms with van der Waals surface area (Å²) in [5.74, 6) is 0. The van der Waals surface area contributed by atoms with Crippen molar-refractivity contribution in [1.29, 1.82) is 0 Å². The first-order valence-corrected chi connectivity index (χ1v) is 5.83. The Bertz CT molecular complexity index is 74.1. The van der Waals surface area contributed by atoms with Crippen molar-refractivity contribution >= 4 is 9.28 Å². The number of hydrogen-bond acceptors (Lipinski definition) is 3. The van der Waals surface area contributed by atoms with E-state index in [9.17, 15) is 0 Å². The minimum absolute atomic E-state index is 0.747. The number of methoxy groups -OCH3 is 1. The number of hydrogen-bond donors (Lipinski definition) is 0. The highest BCUT2D eigenvalue weighted by Crippen LogP contribution is 1.97. The van der Waals surface area contributed by atoms with Crippen LogP contribution in [0.3, 0.4) is 0 Å². The van der Waals surface area contributed by atoms with E-state index < -0.39 is 9.28 Å². The summed E-state index contributed by atoms with van der Waals surface area (Å²) >= 11 is 0. The second-order valence-corrected chi connectivity index (χ2v) is 4.22. The SMILES string of the molecule is CCO[SiH](CCOC)OCC. The molecule has 0 atom stereocenters. The van der Waals surface area contributed by atoms with Crippen LogP contribution in [0, 0.1) is 0 Å². The fourth-order valence-corrected chi connectivity index (χ4v) is 2.40. The van der Waals surface area contributed by atoms with E-state index in [0.717, 1.165) is 25.9 Å². The van der Waals surface area contributed by atoms with E-state index in [0.29, 0.717) is 0 Å². The second-order valence-electron chi connectivity index (χ2n) is 2.12. The lowest BCUT2D eigenvalue weighted by Crippen LogP contribution is -2.24. The van der Waals surface area contributed by atoms with Crippen LogP contribution in [0.1, 0.15) is 13.8 Å². The van der Waals surface area contributed by atoms with Crippen molar-refractivity contribution in [1.82, 2.24) is 0 Å². The van der Waals surface area contributed by atoms with Gasteiger partial charge in [-0.1, -0.05) is 0 Å². The van der Waals surface area contributed by atoms with Crippen molar-refractivity contribution in [2.24, 2.45) is 0 Å². The molecule has 0 aromatic heterocycles. The normalized spacial score (nSPS) is 10.9. The first kappa shape index (κ1) is 11.1. The Morgan fingerprint density at radius 3 is 2.00 bits per heavy atom. The van der Waals surface area contributed by atoms with Crippen molar-refractivity contribution in [3.8, 4) is 0 Å². The van der Waals surface area contributed by atoms with Gasteiger partial charge in [-0.3, -0.25) is 0 Å². The molecule has 0 aromatic carbocycles. The van der Waals surface area contributed by atoms with Crippen LogP contribution in [-0.2, 0) is 13.6 Å². The molecular weight excluding hydrogens is 160 g/mol. The number of ether oxygens (including phenoxy) is 1. The van der Waals surface area contributed by atoms with Gasteiger partial charge in [-0.2, -0.15) is 0 Å². The smallest absolute Gasteiger partial charge is 0.323 e. The Balaban J connectivity index is 3.34. The molecule has 68 valence electrons. The summed E-state index contributed by atoms with van der Waals surface area (Å²) in [5.41, 5.74) is 0. The quantitative estimate of drug-likeness (QED) is 0.543. The topological polar surface area (TPSA) is 27.7 Å². The summed E-state index contributed by atoms with van der Waals surface area (Å²) in [5, 5.41) is 0. The molecule has 0 amide bonds. The Hall–Kier alpha value is 0.0969. The van der Waals surface area contributed by atoms with E-state index in [-0.39, 0.29) is 0 Å². The molecule has 11 heavy (non-hydrogen) atoms. The lowest BCUT2D eigenvalue weighted by molar-refractivity contribution is 0.179. The third-order valence-corrected chi connectivity index (χ3v) is 3.38. The standard InChI is InChI=1S/C7H18O3Si/c1-4-9-11(10-5-2)7-6-8-3/h11H,4-7H2,1-3H3. The summed E-state index contributed by atoms with van der Waals surface area (Å²) < 4.78 is 15.8. The van der Waals surface area contributed by atoms with Gasteiger partial charge in [0.05, 0.1) is 0 Å². The molecule has 4 heteroatoms. The molecule has 0 fully saturated rings. The minimum atomic E-state index is -1.38. The molecule has 0 N–H and O–H groups in total.